The van der Waals surface area contributed by atoms with E-state index in [9.17, 15) is 4.79 Å². The first-order chi connectivity index (χ1) is 12.1. The van der Waals surface area contributed by atoms with Crippen LogP contribution < -0.4 is 0 Å². The molecule has 3 aromatic rings. The van der Waals surface area contributed by atoms with Crippen LogP contribution in [-0.2, 0) is 17.8 Å². The molecule has 0 N–H and O–H groups in total. The first-order valence-corrected chi connectivity index (χ1v) is 9.64. The summed E-state index contributed by atoms with van der Waals surface area (Å²) in [4.78, 5) is 19.4. The number of aromatic nitrogens is 2. The summed E-state index contributed by atoms with van der Waals surface area (Å²) in [6, 6.07) is 11.9. The van der Waals surface area contributed by atoms with E-state index in [1.807, 2.05) is 48.8 Å². The van der Waals surface area contributed by atoms with Crippen LogP contribution >= 0.6 is 27.3 Å². The lowest BCUT2D eigenvalue weighted by atomic mass is 10.2. The molecule has 0 saturated heterocycles. The van der Waals surface area contributed by atoms with Crippen LogP contribution in [0.4, 0.5) is 0 Å². The first kappa shape index (κ1) is 17.8. The molecule has 2 aromatic heterocycles. The lowest BCUT2D eigenvalue weighted by Crippen LogP contribution is -2.25. The van der Waals surface area contributed by atoms with Gasteiger partial charge in [-0.1, -0.05) is 39.3 Å². The fourth-order valence-corrected chi connectivity index (χ4v) is 3.31. The number of benzene rings is 1. The Kier molecular flexibility index (Phi) is 5.99. The highest BCUT2D eigenvalue weighted by Gasteiger charge is 2.12. The summed E-state index contributed by atoms with van der Waals surface area (Å²) in [6.07, 6.45) is 1.76. The van der Waals surface area contributed by atoms with Crippen molar-refractivity contribution in [3.8, 4) is 10.7 Å². The summed E-state index contributed by atoms with van der Waals surface area (Å²) in [5.74, 6) is 1.30. The Morgan fingerprint density at radius 3 is 2.80 bits per heavy atom. The van der Waals surface area contributed by atoms with Gasteiger partial charge in [0.1, 0.15) is 0 Å². The van der Waals surface area contributed by atoms with Crippen LogP contribution in [0.2, 0.25) is 0 Å². The molecule has 0 radical (unpaired) electrons. The molecule has 25 heavy (non-hydrogen) atoms. The largest absolute Gasteiger partial charge is 0.341 e. The highest BCUT2D eigenvalue weighted by atomic mass is 79.9. The molecule has 1 amide bonds. The Balaban J connectivity index is 1.45. The molecule has 7 heteroatoms. The van der Waals surface area contributed by atoms with Gasteiger partial charge in [-0.05, 0) is 35.6 Å². The molecule has 0 fully saturated rings. The molecule has 130 valence electrons. The van der Waals surface area contributed by atoms with Crippen molar-refractivity contribution in [2.45, 2.75) is 25.8 Å². The van der Waals surface area contributed by atoms with E-state index in [4.69, 9.17) is 4.52 Å². The summed E-state index contributed by atoms with van der Waals surface area (Å²) in [7, 11) is 1.83. The fourth-order valence-electron chi connectivity index (χ4n) is 2.40. The van der Waals surface area contributed by atoms with Gasteiger partial charge in [-0.15, -0.1) is 11.3 Å². The second-order valence-electron chi connectivity index (χ2n) is 5.72. The molecule has 0 bridgehead atoms. The molecule has 2 heterocycles. The zero-order valence-electron chi connectivity index (χ0n) is 13.8. The second kappa shape index (κ2) is 8.40. The minimum Gasteiger partial charge on any atom is -0.341 e. The van der Waals surface area contributed by atoms with E-state index in [0.717, 1.165) is 14.9 Å². The Labute approximate surface area is 158 Å². The standard InChI is InChI=1S/C18H18BrN3O2S/c1-22(12-13-7-9-14(19)10-8-13)17(23)6-2-5-16-20-18(21-24-16)15-4-3-11-25-15/h3-4,7-11H,2,5-6,12H2,1H3. The third-order valence-corrected chi connectivity index (χ3v) is 5.14. The van der Waals surface area contributed by atoms with Crippen LogP contribution in [0.25, 0.3) is 10.7 Å². The summed E-state index contributed by atoms with van der Waals surface area (Å²) < 4.78 is 6.29. The first-order valence-electron chi connectivity index (χ1n) is 7.96. The van der Waals surface area contributed by atoms with E-state index in [1.165, 1.54) is 0 Å². The van der Waals surface area contributed by atoms with Crippen LogP contribution in [0.3, 0.4) is 0 Å². The third kappa shape index (κ3) is 4.99. The molecule has 1 aromatic carbocycles. The zero-order valence-corrected chi connectivity index (χ0v) is 16.2. The third-order valence-electron chi connectivity index (χ3n) is 3.75. The van der Waals surface area contributed by atoms with Crippen molar-refractivity contribution in [2.24, 2.45) is 0 Å². The minimum atomic E-state index is 0.112. The Morgan fingerprint density at radius 2 is 2.08 bits per heavy atom. The highest BCUT2D eigenvalue weighted by molar-refractivity contribution is 9.10. The van der Waals surface area contributed by atoms with Gasteiger partial charge in [-0.2, -0.15) is 4.98 Å². The van der Waals surface area contributed by atoms with Gasteiger partial charge in [0.25, 0.3) is 0 Å². The topological polar surface area (TPSA) is 59.2 Å². The second-order valence-corrected chi connectivity index (χ2v) is 7.58. The predicted molar refractivity (Wildman–Crippen MR) is 101 cm³/mol. The molecule has 0 saturated carbocycles. The lowest BCUT2D eigenvalue weighted by Gasteiger charge is -2.17. The maximum absolute atomic E-state index is 12.2. The van der Waals surface area contributed by atoms with Crippen LogP contribution in [0.5, 0.6) is 0 Å². The number of aryl methyl sites for hydroxylation is 1. The molecule has 0 unspecified atom stereocenters. The number of hydrogen-bond acceptors (Lipinski definition) is 5. The Bertz CT molecular complexity index is 815. The van der Waals surface area contributed by atoms with Gasteiger partial charge < -0.3 is 9.42 Å². The summed E-state index contributed by atoms with van der Waals surface area (Å²) in [5, 5.41) is 5.96. The number of nitrogens with zero attached hydrogens (tertiary/aromatic N) is 3. The zero-order chi connectivity index (χ0) is 17.6. The van der Waals surface area contributed by atoms with Crippen molar-refractivity contribution < 1.29 is 9.32 Å². The lowest BCUT2D eigenvalue weighted by molar-refractivity contribution is -0.130. The van der Waals surface area contributed by atoms with Crippen LogP contribution in [-0.4, -0.2) is 28.0 Å². The quantitative estimate of drug-likeness (QED) is 0.563. The van der Waals surface area contributed by atoms with Crippen LogP contribution in [0, 0.1) is 0 Å². The van der Waals surface area contributed by atoms with Crippen molar-refractivity contribution in [1.82, 2.24) is 15.0 Å². The van der Waals surface area contributed by atoms with Gasteiger partial charge in [0.05, 0.1) is 4.88 Å². The van der Waals surface area contributed by atoms with Crippen molar-refractivity contribution in [3.63, 3.8) is 0 Å². The summed E-state index contributed by atoms with van der Waals surface area (Å²) >= 11 is 4.99. The number of carbonyl (C=O) groups excluding carboxylic acids is 1. The number of amides is 1. The number of rotatable bonds is 7. The molecule has 0 spiro atoms. The van der Waals surface area contributed by atoms with E-state index < -0.39 is 0 Å². The van der Waals surface area contributed by atoms with E-state index in [0.29, 0.717) is 37.5 Å². The average molecular weight is 420 g/mol. The van der Waals surface area contributed by atoms with Crippen LogP contribution in [0.15, 0.2) is 50.8 Å². The summed E-state index contributed by atoms with van der Waals surface area (Å²) in [5.41, 5.74) is 1.11. The van der Waals surface area contributed by atoms with Crippen molar-refractivity contribution in [2.75, 3.05) is 7.05 Å². The van der Waals surface area contributed by atoms with Gasteiger partial charge in [-0.3, -0.25) is 4.79 Å². The molecule has 3 rings (SSSR count). The van der Waals surface area contributed by atoms with Crippen molar-refractivity contribution in [3.05, 3.63) is 57.7 Å². The van der Waals surface area contributed by atoms with E-state index in [-0.39, 0.29) is 5.91 Å². The van der Waals surface area contributed by atoms with Gasteiger partial charge >= 0.3 is 0 Å². The number of carbonyl (C=O) groups is 1. The number of hydrogen-bond donors (Lipinski definition) is 0. The molecular weight excluding hydrogens is 402 g/mol. The summed E-state index contributed by atoms with van der Waals surface area (Å²) in [6.45, 7) is 0.606. The molecule has 0 aliphatic heterocycles. The van der Waals surface area contributed by atoms with Gasteiger partial charge in [0, 0.05) is 30.9 Å². The van der Waals surface area contributed by atoms with Gasteiger partial charge in [-0.25, -0.2) is 0 Å². The van der Waals surface area contributed by atoms with Gasteiger partial charge in [0.15, 0.2) is 0 Å². The normalized spacial score (nSPS) is 10.8. The fraction of sp³-hybridized carbons (Fsp3) is 0.278. The number of thiophene rings is 1. The van der Waals surface area contributed by atoms with E-state index in [1.54, 1.807) is 16.2 Å². The maximum Gasteiger partial charge on any atom is 0.226 e. The minimum absolute atomic E-state index is 0.112. The van der Waals surface area contributed by atoms with Crippen molar-refractivity contribution >= 4 is 33.2 Å². The molecule has 0 atom stereocenters. The van der Waals surface area contributed by atoms with Gasteiger partial charge in [0.2, 0.25) is 17.6 Å². The molecular formula is C18H18BrN3O2S. The molecule has 5 nitrogen and oxygen atoms in total. The van der Waals surface area contributed by atoms with E-state index in [2.05, 4.69) is 26.1 Å². The predicted octanol–water partition coefficient (Wildman–Crippen LogP) is 4.54. The van der Waals surface area contributed by atoms with E-state index >= 15 is 0 Å². The SMILES string of the molecule is CN(Cc1ccc(Br)cc1)C(=O)CCCc1nc(-c2cccs2)no1. The molecule has 0 aliphatic rings. The Morgan fingerprint density at radius 1 is 1.28 bits per heavy atom. The Hall–Kier alpha value is -1.99. The molecule has 0 aliphatic carbocycles. The number of halogens is 1. The maximum atomic E-state index is 12.2. The average Bonchev–Trinajstić information content (AvgIpc) is 3.28. The highest BCUT2D eigenvalue weighted by Crippen LogP contribution is 2.21. The van der Waals surface area contributed by atoms with Crippen molar-refractivity contribution in [1.29, 1.82) is 0 Å². The smallest absolute Gasteiger partial charge is 0.226 e. The monoisotopic (exact) mass is 419 g/mol. The van der Waals surface area contributed by atoms with Crippen LogP contribution in [0.1, 0.15) is 24.3 Å².